The summed E-state index contributed by atoms with van der Waals surface area (Å²) in [7, 11) is -3.58. The van der Waals surface area contributed by atoms with Gasteiger partial charge < -0.3 is 5.32 Å². The van der Waals surface area contributed by atoms with Crippen molar-refractivity contribution in [3.63, 3.8) is 0 Å². The van der Waals surface area contributed by atoms with Gasteiger partial charge in [-0.15, -0.1) is 0 Å². The number of hydrogen-bond acceptors (Lipinski definition) is 3. The molecule has 1 aliphatic carbocycles. The molecule has 0 saturated carbocycles. The van der Waals surface area contributed by atoms with Crippen LogP contribution in [-0.4, -0.2) is 31.7 Å². The smallest absolute Gasteiger partial charge is 0.251 e. The zero-order valence-electron chi connectivity index (χ0n) is 17.6. The Balaban J connectivity index is 1.49. The summed E-state index contributed by atoms with van der Waals surface area (Å²) in [4.78, 5) is 13.0. The monoisotopic (exact) mass is 426 g/mol. The quantitative estimate of drug-likeness (QED) is 0.778. The lowest BCUT2D eigenvalue weighted by molar-refractivity contribution is 0.0939. The molecule has 1 fully saturated rings. The summed E-state index contributed by atoms with van der Waals surface area (Å²) >= 11 is 0. The van der Waals surface area contributed by atoms with Gasteiger partial charge in [0.1, 0.15) is 0 Å². The lowest BCUT2D eigenvalue weighted by Crippen LogP contribution is -2.32. The molecule has 0 spiro atoms. The lowest BCUT2D eigenvalue weighted by Gasteiger charge is -2.20. The Hall–Kier alpha value is -2.18. The molecule has 1 atom stereocenters. The third-order valence-electron chi connectivity index (χ3n) is 6.27. The number of nitrogens with zero attached hydrogens (tertiary/aromatic N) is 1. The molecule has 0 radical (unpaired) electrons. The van der Waals surface area contributed by atoms with E-state index < -0.39 is 10.0 Å². The second-order valence-corrected chi connectivity index (χ2v) is 10.4. The molecule has 1 saturated heterocycles. The van der Waals surface area contributed by atoms with Crippen molar-refractivity contribution in [1.29, 1.82) is 0 Å². The third kappa shape index (κ3) is 4.44. The van der Waals surface area contributed by atoms with Crippen molar-refractivity contribution in [2.75, 3.05) is 13.1 Å². The minimum atomic E-state index is -3.58. The van der Waals surface area contributed by atoms with Crippen LogP contribution in [-0.2, 0) is 22.9 Å². The van der Waals surface area contributed by atoms with Crippen LogP contribution in [0.25, 0.3) is 0 Å². The fraction of sp³-hybridized carbons (Fsp3) is 0.458. The number of sulfonamides is 1. The Morgan fingerprint density at radius 2 is 1.67 bits per heavy atom. The maximum atomic E-state index is 13.1. The zero-order chi connectivity index (χ0) is 21.1. The minimum absolute atomic E-state index is 0.144. The van der Waals surface area contributed by atoms with Gasteiger partial charge in [0.25, 0.3) is 5.91 Å². The third-order valence-corrected chi connectivity index (χ3v) is 8.16. The molecule has 0 bridgehead atoms. The molecule has 6 heteroatoms. The molecule has 30 heavy (non-hydrogen) atoms. The van der Waals surface area contributed by atoms with E-state index in [1.165, 1.54) is 23.6 Å². The molecule has 2 aromatic rings. The largest absolute Gasteiger partial charge is 0.346 e. The first-order chi connectivity index (χ1) is 14.4. The molecule has 160 valence electrons. The second-order valence-electron chi connectivity index (χ2n) is 8.42. The first-order valence-electron chi connectivity index (χ1n) is 11.0. The van der Waals surface area contributed by atoms with Gasteiger partial charge in [-0.2, -0.15) is 4.31 Å². The molecule has 1 N–H and O–H groups in total. The highest BCUT2D eigenvalue weighted by Gasteiger charge is 2.26. The maximum absolute atomic E-state index is 13.1. The van der Waals surface area contributed by atoms with E-state index >= 15 is 0 Å². The number of carbonyl (C=O) groups excluding carboxylic acids is 1. The predicted molar refractivity (Wildman–Crippen MR) is 118 cm³/mol. The molecule has 0 aromatic heterocycles. The number of benzene rings is 2. The summed E-state index contributed by atoms with van der Waals surface area (Å²) < 4.78 is 27.7. The van der Waals surface area contributed by atoms with Gasteiger partial charge in [0, 0.05) is 18.7 Å². The Morgan fingerprint density at radius 3 is 2.43 bits per heavy atom. The molecule has 2 aromatic carbocycles. The van der Waals surface area contributed by atoms with Crippen molar-refractivity contribution in [3.05, 3.63) is 64.7 Å². The Bertz CT molecular complexity index is 1020. The molecule has 1 heterocycles. The number of hydrogen-bond donors (Lipinski definition) is 1. The van der Waals surface area contributed by atoms with Crippen molar-refractivity contribution >= 4 is 15.9 Å². The van der Waals surface area contributed by atoms with Crippen LogP contribution in [0.15, 0.2) is 47.4 Å². The average molecular weight is 427 g/mol. The first kappa shape index (κ1) is 21.1. The second kappa shape index (κ2) is 8.90. The Morgan fingerprint density at radius 1 is 0.933 bits per heavy atom. The van der Waals surface area contributed by atoms with Crippen LogP contribution in [0.5, 0.6) is 0 Å². The zero-order valence-corrected chi connectivity index (χ0v) is 18.4. The van der Waals surface area contributed by atoms with Crippen LogP contribution in [0.1, 0.15) is 72.1 Å². The molecule has 1 aliphatic heterocycles. The van der Waals surface area contributed by atoms with Gasteiger partial charge in [-0.25, -0.2) is 8.42 Å². The topological polar surface area (TPSA) is 66.5 Å². The minimum Gasteiger partial charge on any atom is -0.346 e. The summed E-state index contributed by atoms with van der Waals surface area (Å²) in [5, 5.41) is 3.02. The van der Waals surface area contributed by atoms with Crippen molar-refractivity contribution in [2.45, 2.75) is 62.8 Å². The fourth-order valence-corrected chi connectivity index (χ4v) is 6.02. The van der Waals surface area contributed by atoms with E-state index in [0.29, 0.717) is 18.7 Å². The van der Waals surface area contributed by atoms with Gasteiger partial charge >= 0.3 is 0 Å². The molecular weight excluding hydrogens is 396 g/mol. The lowest BCUT2D eigenvalue weighted by atomic mass is 10.0. The summed E-state index contributed by atoms with van der Waals surface area (Å²) in [6.45, 7) is 3.06. The van der Waals surface area contributed by atoms with Crippen molar-refractivity contribution in [1.82, 2.24) is 9.62 Å². The van der Waals surface area contributed by atoms with Crippen LogP contribution in [0.3, 0.4) is 0 Å². The van der Waals surface area contributed by atoms with Crippen molar-refractivity contribution in [2.24, 2.45) is 0 Å². The van der Waals surface area contributed by atoms with Crippen molar-refractivity contribution in [3.8, 4) is 0 Å². The maximum Gasteiger partial charge on any atom is 0.251 e. The van der Waals surface area contributed by atoms with Gasteiger partial charge in [0.15, 0.2) is 0 Å². The van der Waals surface area contributed by atoms with Crippen LogP contribution >= 0.6 is 0 Å². The molecule has 1 amide bonds. The van der Waals surface area contributed by atoms with Crippen molar-refractivity contribution < 1.29 is 13.2 Å². The Kier molecular flexibility index (Phi) is 6.25. The van der Waals surface area contributed by atoms with Gasteiger partial charge in [0.2, 0.25) is 10.0 Å². The molecule has 0 unspecified atom stereocenters. The summed E-state index contributed by atoms with van der Waals surface area (Å²) in [6, 6.07) is 12.7. The number of nitrogens with one attached hydrogen (secondary N) is 1. The number of rotatable bonds is 5. The van der Waals surface area contributed by atoms with E-state index in [0.717, 1.165) is 44.1 Å². The number of carbonyl (C=O) groups is 1. The molecule has 5 nitrogen and oxygen atoms in total. The molecule has 4 rings (SSSR count). The van der Waals surface area contributed by atoms with Crippen LogP contribution in [0, 0.1) is 0 Å². The van der Waals surface area contributed by atoms with Crippen LogP contribution in [0.4, 0.5) is 0 Å². The normalized spacial score (nSPS) is 18.4. The van der Waals surface area contributed by atoms with E-state index in [-0.39, 0.29) is 16.8 Å². The van der Waals surface area contributed by atoms with E-state index in [2.05, 4.69) is 23.5 Å². The summed E-state index contributed by atoms with van der Waals surface area (Å²) in [5.74, 6) is -0.254. The van der Waals surface area contributed by atoms with E-state index in [1.54, 1.807) is 22.5 Å². The van der Waals surface area contributed by atoms with Gasteiger partial charge in [-0.1, -0.05) is 37.1 Å². The SMILES string of the molecule is C[C@H](NC(=O)c1cccc(S(=O)(=O)N2CCCCCC2)c1)c1ccc2c(c1)CCC2. The summed E-state index contributed by atoms with van der Waals surface area (Å²) in [5.41, 5.74) is 4.24. The molecular formula is C24H30N2O3S. The highest BCUT2D eigenvalue weighted by Crippen LogP contribution is 2.26. The van der Waals surface area contributed by atoms with Gasteiger partial charge in [0.05, 0.1) is 10.9 Å². The van der Waals surface area contributed by atoms with Crippen LogP contribution in [0.2, 0.25) is 0 Å². The van der Waals surface area contributed by atoms with E-state index in [9.17, 15) is 13.2 Å². The van der Waals surface area contributed by atoms with Gasteiger partial charge in [-0.05, 0) is 73.9 Å². The predicted octanol–water partition coefficient (Wildman–Crippen LogP) is 4.23. The van der Waals surface area contributed by atoms with E-state index in [4.69, 9.17) is 0 Å². The van der Waals surface area contributed by atoms with E-state index in [1.807, 2.05) is 6.92 Å². The highest BCUT2D eigenvalue weighted by molar-refractivity contribution is 7.89. The fourth-order valence-electron chi connectivity index (χ4n) is 4.45. The number of fused-ring (bicyclic) bond motifs is 1. The summed E-state index contributed by atoms with van der Waals surface area (Å²) in [6.07, 6.45) is 7.33. The highest BCUT2D eigenvalue weighted by atomic mass is 32.2. The van der Waals surface area contributed by atoms with Gasteiger partial charge in [-0.3, -0.25) is 4.79 Å². The van der Waals surface area contributed by atoms with Crippen LogP contribution < -0.4 is 5.32 Å². The average Bonchev–Trinajstić information content (AvgIpc) is 3.04. The number of aryl methyl sites for hydroxylation is 2. The molecule has 2 aliphatic rings. The number of amides is 1. The standard InChI is InChI=1S/C24H30N2O3S/c1-18(20-13-12-19-8-6-9-21(19)16-20)25-24(27)22-10-7-11-23(17-22)30(28,29)26-14-4-2-3-5-15-26/h7,10-13,16-18H,2-6,8-9,14-15H2,1H3,(H,25,27)/t18-/m0/s1. The Labute approximate surface area is 179 Å². The first-order valence-corrected chi connectivity index (χ1v) is 12.4.